The number of nitrogens with zero attached hydrogens (tertiary/aromatic N) is 2. The quantitative estimate of drug-likeness (QED) is 0.712. The first kappa shape index (κ1) is 7.28. The highest BCUT2D eigenvalue weighted by atomic mass is 16.6. The zero-order valence-electron chi connectivity index (χ0n) is 7.68. The van der Waals surface area contributed by atoms with Gasteiger partial charge in [0.1, 0.15) is 24.0 Å². The molecule has 4 rings (SSSR count). The van der Waals surface area contributed by atoms with E-state index in [4.69, 9.17) is 9.47 Å². The first-order chi connectivity index (χ1) is 7.43. The predicted octanol–water partition coefficient (Wildman–Crippen LogP) is 0.387. The Bertz CT molecular complexity index is 495. The van der Waals surface area contributed by atoms with Crippen LogP contribution in [0.15, 0.2) is 36.2 Å². The van der Waals surface area contributed by atoms with Gasteiger partial charge in [-0.2, -0.15) is 0 Å². The van der Waals surface area contributed by atoms with Crippen LogP contribution in [0.4, 0.5) is 0 Å². The van der Waals surface area contributed by atoms with Crippen LogP contribution in [0.2, 0.25) is 0 Å². The Morgan fingerprint density at radius 3 is 3.07 bits per heavy atom. The van der Waals surface area contributed by atoms with Gasteiger partial charge in [0.15, 0.2) is 18.0 Å². The maximum Gasteiger partial charge on any atom is 0.184 e. The smallest absolute Gasteiger partial charge is 0.184 e. The predicted molar refractivity (Wildman–Crippen MR) is 49.9 cm³/mol. The molecular formula is C10H7N3O2. The summed E-state index contributed by atoms with van der Waals surface area (Å²) in [5, 5.41) is 3.27. The molecule has 1 aromatic heterocycles. The topological polar surface area (TPSA) is 56.3 Å². The summed E-state index contributed by atoms with van der Waals surface area (Å²) < 4.78 is 11.2. The van der Waals surface area contributed by atoms with Crippen LogP contribution >= 0.6 is 0 Å². The SMILES string of the molecule is C1=C2NC3=C(c4ccncn4)OC2C3O1. The molecule has 1 fully saturated rings. The van der Waals surface area contributed by atoms with Crippen LogP contribution in [0.5, 0.6) is 0 Å². The van der Waals surface area contributed by atoms with Crippen LogP contribution < -0.4 is 5.32 Å². The molecule has 5 nitrogen and oxygen atoms in total. The minimum absolute atomic E-state index is 0.00460. The lowest BCUT2D eigenvalue weighted by molar-refractivity contribution is 0.119. The first-order valence-electron chi connectivity index (χ1n) is 4.73. The van der Waals surface area contributed by atoms with Crippen molar-refractivity contribution in [1.29, 1.82) is 0 Å². The molecule has 5 heteroatoms. The highest BCUT2D eigenvalue weighted by Crippen LogP contribution is 2.44. The van der Waals surface area contributed by atoms with Crippen LogP contribution in [0, 0.1) is 0 Å². The number of nitrogens with one attached hydrogen (secondary N) is 1. The lowest BCUT2D eigenvalue weighted by atomic mass is 10.2. The number of ether oxygens (including phenoxy) is 2. The number of rotatable bonds is 1. The van der Waals surface area contributed by atoms with E-state index in [1.807, 2.05) is 6.07 Å². The summed E-state index contributed by atoms with van der Waals surface area (Å²) >= 11 is 0. The fourth-order valence-corrected chi connectivity index (χ4v) is 2.12. The summed E-state index contributed by atoms with van der Waals surface area (Å²) in [6, 6.07) is 1.83. The van der Waals surface area contributed by atoms with Crippen molar-refractivity contribution in [2.24, 2.45) is 0 Å². The molecular weight excluding hydrogens is 194 g/mol. The maximum absolute atomic E-state index is 5.77. The van der Waals surface area contributed by atoms with Gasteiger partial charge in [0.25, 0.3) is 0 Å². The third-order valence-corrected chi connectivity index (χ3v) is 2.79. The molecule has 1 saturated heterocycles. The van der Waals surface area contributed by atoms with Gasteiger partial charge in [-0.25, -0.2) is 9.97 Å². The Hall–Kier alpha value is -2.04. The second-order valence-corrected chi connectivity index (χ2v) is 3.63. The van der Waals surface area contributed by atoms with Gasteiger partial charge in [0, 0.05) is 6.20 Å². The Kier molecular flexibility index (Phi) is 1.12. The van der Waals surface area contributed by atoms with Crippen molar-refractivity contribution in [3.05, 3.63) is 41.9 Å². The normalized spacial score (nSPS) is 29.7. The number of hydrogen-bond acceptors (Lipinski definition) is 5. The fourth-order valence-electron chi connectivity index (χ4n) is 2.12. The molecule has 3 aliphatic rings. The highest BCUT2D eigenvalue weighted by molar-refractivity contribution is 5.67. The summed E-state index contributed by atoms with van der Waals surface area (Å²) in [7, 11) is 0. The molecule has 0 spiro atoms. The second kappa shape index (κ2) is 2.31. The van der Waals surface area contributed by atoms with Crippen LogP contribution in [0.3, 0.4) is 0 Å². The van der Waals surface area contributed by atoms with Crippen molar-refractivity contribution in [1.82, 2.24) is 15.3 Å². The lowest BCUT2D eigenvalue weighted by Gasteiger charge is -2.15. The van der Waals surface area contributed by atoms with Crippen molar-refractivity contribution in [2.75, 3.05) is 0 Å². The van der Waals surface area contributed by atoms with Gasteiger partial charge in [0.2, 0.25) is 0 Å². The minimum atomic E-state index is 0.00460. The average Bonchev–Trinajstić information content (AvgIpc) is 2.95. The monoisotopic (exact) mass is 201 g/mol. The second-order valence-electron chi connectivity index (χ2n) is 3.63. The lowest BCUT2D eigenvalue weighted by Crippen LogP contribution is -2.18. The van der Waals surface area contributed by atoms with Gasteiger partial charge < -0.3 is 14.8 Å². The summed E-state index contributed by atoms with van der Waals surface area (Å²) in [4.78, 5) is 8.03. The molecule has 2 atom stereocenters. The average molecular weight is 201 g/mol. The number of aromatic nitrogens is 2. The molecule has 4 bridgehead atoms. The third-order valence-electron chi connectivity index (χ3n) is 2.79. The van der Waals surface area contributed by atoms with E-state index in [9.17, 15) is 0 Å². The van der Waals surface area contributed by atoms with Crippen LogP contribution in [-0.4, -0.2) is 22.2 Å². The van der Waals surface area contributed by atoms with Crippen molar-refractivity contribution < 1.29 is 9.47 Å². The van der Waals surface area contributed by atoms with Gasteiger partial charge >= 0.3 is 0 Å². The standard InChI is InChI=1S/C10H7N3O2/c1-2-11-4-12-5(1)8-7-10-9(15-8)6(13-7)3-14-10/h1-4,9-10,13H. The molecule has 1 aromatic rings. The molecule has 1 N–H and O–H groups in total. The van der Waals surface area contributed by atoms with E-state index >= 15 is 0 Å². The molecule has 2 unspecified atom stereocenters. The van der Waals surface area contributed by atoms with Crippen LogP contribution in [-0.2, 0) is 9.47 Å². The zero-order valence-corrected chi connectivity index (χ0v) is 7.68. The Morgan fingerprint density at radius 2 is 2.33 bits per heavy atom. The van der Waals surface area contributed by atoms with Gasteiger partial charge in [-0.1, -0.05) is 0 Å². The largest absolute Gasteiger partial charge is 0.485 e. The van der Waals surface area contributed by atoms with E-state index in [1.54, 1.807) is 12.5 Å². The van der Waals surface area contributed by atoms with Gasteiger partial charge in [-0.05, 0) is 6.07 Å². The van der Waals surface area contributed by atoms with E-state index < -0.39 is 0 Å². The molecule has 0 saturated carbocycles. The van der Waals surface area contributed by atoms with Crippen LogP contribution in [0.25, 0.3) is 5.76 Å². The molecule has 74 valence electrons. The van der Waals surface area contributed by atoms with Crippen molar-refractivity contribution in [3.63, 3.8) is 0 Å². The molecule has 3 aliphatic heterocycles. The molecule has 0 aromatic carbocycles. The molecule has 0 amide bonds. The minimum Gasteiger partial charge on any atom is -0.485 e. The summed E-state index contributed by atoms with van der Waals surface area (Å²) in [6.45, 7) is 0. The molecule has 0 aliphatic carbocycles. The molecule has 0 radical (unpaired) electrons. The first-order valence-corrected chi connectivity index (χ1v) is 4.73. The third kappa shape index (κ3) is 0.782. The van der Waals surface area contributed by atoms with Crippen molar-refractivity contribution in [3.8, 4) is 0 Å². The molecule has 4 heterocycles. The van der Waals surface area contributed by atoms with E-state index in [2.05, 4.69) is 15.3 Å². The van der Waals surface area contributed by atoms with Crippen LogP contribution in [0.1, 0.15) is 5.69 Å². The Morgan fingerprint density at radius 1 is 1.33 bits per heavy atom. The van der Waals surface area contributed by atoms with E-state index in [1.165, 1.54) is 6.33 Å². The number of hydrogen-bond donors (Lipinski definition) is 1. The van der Waals surface area contributed by atoms with E-state index in [0.29, 0.717) is 0 Å². The Balaban J connectivity index is 1.85. The van der Waals surface area contributed by atoms with Gasteiger partial charge in [0.05, 0.1) is 5.70 Å². The van der Waals surface area contributed by atoms with E-state index in [-0.39, 0.29) is 12.2 Å². The summed E-state index contributed by atoms with van der Waals surface area (Å²) in [6.07, 6.45) is 4.94. The zero-order chi connectivity index (χ0) is 9.83. The fraction of sp³-hybridized carbons (Fsp3) is 0.200. The Labute approximate surface area is 85.4 Å². The summed E-state index contributed by atoms with van der Waals surface area (Å²) in [5.74, 6) is 0.782. The van der Waals surface area contributed by atoms with E-state index in [0.717, 1.165) is 22.8 Å². The van der Waals surface area contributed by atoms with Crippen molar-refractivity contribution >= 4 is 5.76 Å². The van der Waals surface area contributed by atoms with Gasteiger partial charge in [-0.3, -0.25) is 0 Å². The highest BCUT2D eigenvalue weighted by Gasteiger charge is 2.51. The maximum atomic E-state index is 5.77. The van der Waals surface area contributed by atoms with Gasteiger partial charge in [-0.15, -0.1) is 0 Å². The molecule has 15 heavy (non-hydrogen) atoms. The summed E-state index contributed by atoms with van der Waals surface area (Å²) in [5.41, 5.74) is 2.79. The van der Waals surface area contributed by atoms with Crippen molar-refractivity contribution in [2.45, 2.75) is 12.2 Å².